The molecule has 2 aromatic carbocycles. The van der Waals surface area contributed by atoms with E-state index in [0.29, 0.717) is 11.3 Å². The highest BCUT2D eigenvalue weighted by atomic mass is 79.9. The molecule has 1 unspecified atom stereocenters. The molecule has 1 heterocycles. The van der Waals surface area contributed by atoms with Gasteiger partial charge < -0.3 is 5.73 Å². The molecule has 3 aromatic rings. The molecule has 1 aromatic heterocycles. The van der Waals surface area contributed by atoms with Crippen LogP contribution in [0.15, 0.2) is 59.1 Å². The topological polar surface area (TPSA) is 97.6 Å². The van der Waals surface area contributed by atoms with Crippen LogP contribution in [0, 0.1) is 11.3 Å². The first-order valence-corrected chi connectivity index (χ1v) is 7.86. The molecule has 118 valence electrons. The average Bonchev–Trinajstić information content (AvgIpc) is 2.99. The average molecular weight is 382 g/mol. The molecule has 24 heavy (non-hydrogen) atoms. The molecule has 0 fully saturated rings. The number of hydrogen-bond acceptors (Lipinski definition) is 4. The molecular weight excluding hydrogens is 370 g/mol. The van der Waals surface area contributed by atoms with Crippen molar-refractivity contribution in [3.05, 3.63) is 70.3 Å². The minimum Gasteiger partial charge on any atom is -0.368 e. The Morgan fingerprint density at radius 1 is 1.21 bits per heavy atom. The fourth-order valence-corrected chi connectivity index (χ4v) is 2.89. The van der Waals surface area contributed by atoms with Gasteiger partial charge in [-0.3, -0.25) is 4.79 Å². The van der Waals surface area contributed by atoms with Crippen molar-refractivity contribution in [1.82, 2.24) is 15.0 Å². The second-order valence-electron chi connectivity index (χ2n) is 5.07. The van der Waals surface area contributed by atoms with E-state index < -0.39 is 11.9 Å². The summed E-state index contributed by atoms with van der Waals surface area (Å²) in [7, 11) is 0. The summed E-state index contributed by atoms with van der Waals surface area (Å²) in [5.41, 5.74) is 7.54. The highest BCUT2D eigenvalue weighted by Crippen LogP contribution is 2.26. The first kappa shape index (κ1) is 15.9. The van der Waals surface area contributed by atoms with E-state index in [1.54, 1.807) is 18.2 Å². The lowest BCUT2D eigenvalue weighted by molar-refractivity contribution is -0.120. The molecule has 0 radical (unpaired) electrons. The normalized spacial score (nSPS) is 11.7. The number of carbonyl (C=O) groups is 1. The number of benzene rings is 2. The van der Waals surface area contributed by atoms with Crippen LogP contribution in [-0.2, 0) is 4.79 Å². The number of carbonyl (C=O) groups excluding carboxylic acids is 1. The van der Waals surface area contributed by atoms with Gasteiger partial charge in [-0.1, -0.05) is 63.6 Å². The molecular formula is C17H12BrN5O. The van der Waals surface area contributed by atoms with Crippen LogP contribution < -0.4 is 5.73 Å². The maximum absolute atomic E-state index is 12.0. The lowest BCUT2D eigenvalue weighted by Gasteiger charge is -2.15. The molecule has 6 nitrogen and oxygen atoms in total. The Hall–Kier alpha value is -2.98. The van der Waals surface area contributed by atoms with Crippen molar-refractivity contribution in [3.8, 4) is 17.3 Å². The van der Waals surface area contributed by atoms with Crippen LogP contribution in [0.3, 0.4) is 0 Å². The zero-order valence-electron chi connectivity index (χ0n) is 12.4. The number of halogens is 1. The third kappa shape index (κ3) is 2.92. The summed E-state index contributed by atoms with van der Waals surface area (Å²) in [5.74, 6) is -0.617. The fraction of sp³-hybridized carbons (Fsp3) is 0.0588. The van der Waals surface area contributed by atoms with Gasteiger partial charge in [0.25, 0.3) is 0 Å². The molecule has 1 atom stereocenters. The zero-order valence-corrected chi connectivity index (χ0v) is 14.0. The van der Waals surface area contributed by atoms with E-state index in [1.807, 2.05) is 36.4 Å². The van der Waals surface area contributed by atoms with Crippen molar-refractivity contribution in [3.63, 3.8) is 0 Å². The van der Waals surface area contributed by atoms with Gasteiger partial charge in [0.05, 0.1) is 0 Å². The molecule has 0 saturated carbocycles. The molecule has 0 aliphatic heterocycles. The molecule has 3 rings (SSSR count). The van der Waals surface area contributed by atoms with E-state index in [4.69, 9.17) is 5.73 Å². The van der Waals surface area contributed by atoms with Gasteiger partial charge in [-0.05, 0) is 17.7 Å². The van der Waals surface area contributed by atoms with Gasteiger partial charge in [0.2, 0.25) is 5.91 Å². The Kier molecular flexibility index (Phi) is 4.40. The maximum atomic E-state index is 12.0. The number of aromatic nitrogens is 3. The highest BCUT2D eigenvalue weighted by Gasteiger charge is 2.27. The number of nitriles is 1. The second-order valence-corrected chi connectivity index (χ2v) is 5.98. The Morgan fingerprint density at radius 2 is 1.96 bits per heavy atom. The summed E-state index contributed by atoms with van der Waals surface area (Å²) < 4.78 is 2.07. The largest absolute Gasteiger partial charge is 0.368 e. The van der Waals surface area contributed by atoms with Crippen molar-refractivity contribution in [2.45, 2.75) is 6.04 Å². The van der Waals surface area contributed by atoms with Crippen molar-refractivity contribution in [2.24, 2.45) is 5.73 Å². The van der Waals surface area contributed by atoms with Crippen molar-refractivity contribution in [1.29, 1.82) is 5.26 Å². The summed E-state index contributed by atoms with van der Waals surface area (Å²) in [5, 5.41) is 17.7. The van der Waals surface area contributed by atoms with Gasteiger partial charge in [0.15, 0.2) is 11.7 Å². The summed E-state index contributed by atoms with van der Waals surface area (Å²) in [4.78, 5) is 12.0. The van der Waals surface area contributed by atoms with Gasteiger partial charge in [0.1, 0.15) is 11.8 Å². The molecule has 2 N–H and O–H groups in total. The maximum Gasteiger partial charge on any atom is 0.247 e. The van der Waals surface area contributed by atoms with Crippen molar-refractivity contribution < 1.29 is 4.79 Å². The van der Waals surface area contributed by atoms with Gasteiger partial charge in [-0.2, -0.15) is 5.26 Å². The minimum atomic E-state index is -0.915. The highest BCUT2D eigenvalue weighted by molar-refractivity contribution is 9.10. The van der Waals surface area contributed by atoms with Crippen molar-refractivity contribution >= 4 is 21.8 Å². The third-order valence-electron chi connectivity index (χ3n) is 3.53. The van der Waals surface area contributed by atoms with Crippen LogP contribution in [0.2, 0.25) is 0 Å². The zero-order chi connectivity index (χ0) is 17.1. The number of amides is 1. The van der Waals surface area contributed by atoms with Gasteiger partial charge >= 0.3 is 0 Å². The molecule has 0 bridgehead atoms. The predicted octanol–water partition coefficient (Wildman–Crippen LogP) is 2.65. The second kappa shape index (κ2) is 6.64. The number of nitrogens with two attached hydrogens (primary N) is 1. The van der Waals surface area contributed by atoms with E-state index in [1.165, 1.54) is 4.68 Å². The van der Waals surface area contributed by atoms with Crippen LogP contribution in [0.5, 0.6) is 0 Å². The minimum absolute atomic E-state index is 0.185. The Balaban J connectivity index is 2.15. The lowest BCUT2D eigenvalue weighted by atomic mass is 10.1. The number of rotatable bonds is 4. The number of nitrogens with zero attached hydrogens (tertiary/aromatic N) is 4. The molecule has 0 spiro atoms. The summed E-state index contributed by atoms with van der Waals surface area (Å²) in [6.07, 6.45) is 0. The van der Waals surface area contributed by atoms with Crippen LogP contribution in [0.25, 0.3) is 11.3 Å². The first-order valence-electron chi connectivity index (χ1n) is 7.07. The molecule has 0 aliphatic rings. The van der Waals surface area contributed by atoms with E-state index in [-0.39, 0.29) is 5.69 Å². The fourth-order valence-electron chi connectivity index (χ4n) is 2.47. The smallest absolute Gasteiger partial charge is 0.247 e. The molecule has 1 amide bonds. The summed E-state index contributed by atoms with van der Waals surface area (Å²) in [6, 6.07) is 17.5. The standard InChI is InChI=1S/C17H12BrN5O/c18-13-8-4-7-12(9-13)16(17(20)24)23-14(10-19)15(21-22-23)11-5-2-1-3-6-11/h1-9,16H,(H2,20,24). The van der Waals surface area contributed by atoms with E-state index in [2.05, 4.69) is 32.3 Å². The monoisotopic (exact) mass is 381 g/mol. The van der Waals surface area contributed by atoms with Gasteiger partial charge in [0, 0.05) is 10.0 Å². The summed E-state index contributed by atoms with van der Waals surface area (Å²) in [6.45, 7) is 0. The van der Waals surface area contributed by atoms with Crippen molar-refractivity contribution in [2.75, 3.05) is 0 Å². The first-order chi connectivity index (χ1) is 11.6. The van der Waals surface area contributed by atoms with E-state index in [9.17, 15) is 10.1 Å². The van der Waals surface area contributed by atoms with Gasteiger partial charge in [-0.15, -0.1) is 5.10 Å². The number of primary amides is 1. The summed E-state index contributed by atoms with van der Waals surface area (Å²) >= 11 is 3.37. The van der Waals surface area contributed by atoms with E-state index in [0.717, 1.165) is 10.0 Å². The van der Waals surface area contributed by atoms with Crippen LogP contribution in [-0.4, -0.2) is 20.9 Å². The quantitative estimate of drug-likeness (QED) is 0.750. The van der Waals surface area contributed by atoms with Gasteiger partial charge in [-0.25, -0.2) is 4.68 Å². The van der Waals surface area contributed by atoms with E-state index >= 15 is 0 Å². The van der Waals surface area contributed by atoms with Crippen LogP contribution in [0.1, 0.15) is 17.3 Å². The molecule has 7 heteroatoms. The SMILES string of the molecule is N#Cc1c(-c2ccccc2)nnn1C(C(N)=O)c1cccc(Br)c1. The Morgan fingerprint density at radius 3 is 2.58 bits per heavy atom. The lowest BCUT2D eigenvalue weighted by Crippen LogP contribution is -2.29. The Bertz CT molecular complexity index is 930. The van der Waals surface area contributed by atoms with Crippen LogP contribution in [0.4, 0.5) is 0 Å². The third-order valence-corrected chi connectivity index (χ3v) is 4.02. The van der Waals surface area contributed by atoms with Crippen LogP contribution >= 0.6 is 15.9 Å². The molecule has 0 aliphatic carbocycles. The molecule has 0 saturated heterocycles. The predicted molar refractivity (Wildman–Crippen MR) is 91.6 cm³/mol. The number of hydrogen-bond donors (Lipinski definition) is 1. The Labute approximate surface area is 146 Å².